The van der Waals surface area contributed by atoms with Crippen LogP contribution in [-0.4, -0.2) is 26.7 Å². The van der Waals surface area contributed by atoms with E-state index >= 15 is 0 Å². The lowest BCUT2D eigenvalue weighted by atomic mass is 10.3. The molecule has 0 heterocycles. The van der Waals surface area contributed by atoms with E-state index < -0.39 is 22.4 Å². The zero-order valence-electron chi connectivity index (χ0n) is 12.5. The topological polar surface area (TPSA) is 72.5 Å². The number of sulfone groups is 1. The maximum absolute atomic E-state index is 12.1. The number of halogens is 2. The van der Waals surface area contributed by atoms with Crippen molar-refractivity contribution in [2.75, 3.05) is 11.1 Å². The highest BCUT2D eigenvalue weighted by molar-refractivity contribution is 7.91. The van der Waals surface area contributed by atoms with E-state index in [4.69, 9.17) is 0 Å². The minimum atomic E-state index is -3.53. The third kappa shape index (κ3) is 5.31. The summed E-state index contributed by atoms with van der Waals surface area (Å²) in [6.07, 6.45) is -0.216. The fraction of sp³-hybridized carbons (Fsp3) is 0.188. The lowest BCUT2D eigenvalue weighted by Gasteiger charge is -2.08. The molecule has 2 aromatic rings. The molecule has 2 aromatic carbocycles. The molecular weight excluding hydrogens is 340 g/mol. The first-order chi connectivity index (χ1) is 11.4. The summed E-state index contributed by atoms with van der Waals surface area (Å²) >= 11 is 0. The quantitative estimate of drug-likeness (QED) is 0.828. The van der Waals surface area contributed by atoms with Gasteiger partial charge in [0.1, 0.15) is 5.75 Å². The molecule has 0 aliphatic carbocycles. The predicted molar refractivity (Wildman–Crippen MR) is 84.8 cm³/mol. The first kappa shape index (κ1) is 17.9. The number of ether oxygens (including phenoxy) is 1. The number of anilines is 1. The molecule has 8 heteroatoms. The maximum Gasteiger partial charge on any atom is 0.387 e. The van der Waals surface area contributed by atoms with Crippen molar-refractivity contribution in [3.05, 3.63) is 54.6 Å². The van der Waals surface area contributed by atoms with Crippen molar-refractivity contribution >= 4 is 21.4 Å². The molecule has 5 nitrogen and oxygen atoms in total. The minimum Gasteiger partial charge on any atom is -0.435 e. The zero-order valence-corrected chi connectivity index (χ0v) is 13.3. The molecule has 0 aliphatic heterocycles. The predicted octanol–water partition coefficient (Wildman–Crippen LogP) is 3.09. The lowest BCUT2D eigenvalue weighted by molar-refractivity contribution is -0.115. The van der Waals surface area contributed by atoms with Gasteiger partial charge in [0.25, 0.3) is 0 Å². The molecule has 1 N–H and O–H groups in total. The van der Waals surface area contributed by atoms with Crippen molar-refractivity contribution in [1.29, 1.82) is 0 Å². The Hall–Kier alpha value is -2.48. The normalized spacial score (nSPS) is 11.3. The molecule has 0 aromatic heterocycles. The van der Waals surface area contributed by atoms with E-state index in [1.54, 1.807) is 18.2 Å². The lowest BCUT2D eigenvalue weighted by Crippen LogP contribution is -2.17. The van der Waals surface area contributed by atoms with Crippen molar-refractivity contribution in [3.8, 4) is 5.75 Å². The van der Waals surface area contributed by atoms with Crippen molar-refractivity contribution in [2.45, 2.75) is 17.9 Å². The fourth-order valence-corrected chi connectivity index (χ4v) is 3.18. The van der Waals surface area contributed by atoms with Gasteiger partial charge in [0.05, 0.1) is 10.6 Å². The average molecular weight is 355 g/mol. The molecular formula is C16H15F2NO4S. The number of carbonyl (C=O) groups excluding carboxylic acids is 1. The summed E-state index contributed by atoms with van der Waals surface area (Å²) in [5.74, 6) is -0.846. The third-order valence-corrected chi connectivity index (χ3v) is 4.80. The van der Waals surface area contributed by atoms with Gasteiger partial charge >= 0.3 is 6.61 Å². The van der Waals surface area contributed by atoms with Gasteiger partial charge in [-0.1, -0.05) is 18.2 Å². The summed E-state index contributed by atoms with van der Waals surface area (Å²) in [4.78, 5) is 12.0. The number of nitrogens with one attached hydrogen (secondary N) is 1. The number of hydrogen-bond acceptors (Lipinski definition) is 4. The Morgan fingerprint density at radius 2 is 1.67 bits per heavy atom. The second-order valence-corrected chi connectivity index (χ2v) is 6.94. The number of alkyl halides is 2. The Kier molecular flexibility index (Phi) is 5.86. The van der Waals surface area contributed by atoms with E-state index in [9.17, 15) is 22.0 Å². The Labute approximate surface area is 138 Å². The molecule has 2 rings (SSSR count). The van der Waals surface area contributed by atoms with Crippen LogP contribution in [0.25, 0.3) is 0 Å². The van der Waals surface area contributed by atoms with E-state index in [2.05, 4.69) is 10.1 Å². The summed E-state index contributed by atoms with van der Waals surface area (Å²) in [5, 5.41) is 2.50. The van der Waals surface area contributed by atoms with Gasteiger partial charge in [-0.05, 0) is 36.4 Å². The second-order valence-electron chi connectivity index (χ2n) is 4.83. The van der Waals surface area contributed by atoms with Crippen LogP contribution in [0.3, 0.4) is 0 Å². The molecule has 0 saturated heterocycles. The molecule has 0 bridgehead atoms. The fourth-order valence-electron chi connectivity index (χ4n) is 1.92. The van der Waals surface area contributed by atoms with Crippen LogP contribution in [0, 0.1) is 0 Å². The summed E-state index contributed by atoms with van der Waals surface area (Å²) in [5.41, 5.74) is 0.360. The largest absolute Gasteiger partial charge is 0.435 e. The molecule has 0 fully saturated rings. The van der Waals surface area contributed by atoms with Crippen LogP contribution < -0.4 is 10.1 Å². The van der Waals surface area contributed by atoms with Gasteiger partial charge in [-0.25, -0.2) is 8.42 Å². The number of amides is 1. The van der Waals surface area contributed by atoms with Gasteiger partial charge in [0, 0.05) is 12.1 Å². The van der Waals surface area contributed by atoms with E-state index in [0.717, 1.165) is 0 Å². The van der Waals surface area contributed by atoms with Gasteiger partial charge in [0.15, 0.2) is 9.84 Å². The molecule has 0 saturated carbocycles. The molecule has 0 spiro atoms. The number of benzene rings is 2. The van der Waals surface area contributed by atoms with Gasteiger partial charge in [-0.15, -0.1) is 0 Å². The van der Waals surface area contributed by atoms with Crippen LogP contribution in [0.2, 0.25) is 0 Å². The first-order valence-corrected chi connectivity index (χ1v) is 8.64. The van der Waals surface area contributed by atoms with Crippen LogP contribution in [-0.2, 0) is 14.6 Å². The number of carbonyl (C=O) groups is 1. The monoisotopic (exact) mass is 355 g/mol. The average Bonchev–Trinajstić information content (AvgIpc) is 2.55. The Morgan fingerprint density at radius 1 is 1.04 bits per heavy atom. The summed E-state index contributed by atoms with van der Waals surface area (Å²) in [6.45, 7) is -2.92. The zero-order chi connectivity index (χ0) is 17.6. The second kappa shape index (κ2) is 7.87. The maximum atomic E-state index is 12.1. The Bertz CT molecular complexity index is 777. The minimum absolute atomic E-state index is 0.0327. The molecule has 128 valence electrons. The van der Waals surface area contributed by atoms with Crippen LogP contribution >= 0.6 is 0 Å². The SMILES string of the molecule is O=C(CCS(=O)(=O)c1ccccc1)Nc1ccc(OC(F)F)cc1. The van der Waals surface area contributed by atoms with E-state index in [-0.39, 0.29) is 22.8 Å². The number of rotatable bonds is 7. The number of hydrogen-bond donors (Lipinski definition) is 1. The Morgan fingerprint density at radius 3 is 2.25 bits per heavy atom. The summed E-state index contributed by atoms with van der Waals surface area (Å²) in [7, 11) is -3.53. The van der Waals surface area contributed by atoms with Crippen molar-refractivity contribution in [2.24, 2.45) is 0 Å². The Balaban J connectivity index is 1.89. The highest BCUT2D eigenvalue weighted by atomic mass is 32.2. The van der Waals surface area contributed by atoms with Gasteiger partial charge < -0.3 is 10.1 Å². The van der Waals surface area contributed by atoms with Crippen LogP contribution in [0.1, 0.15) is 6.42 Å². The van der Waals surface area contributed by atoms with Crippen molar-refractivity contribution in [3.63, 3.8) is 0 Å². The third-order valence-electron chi connectivity index (χ3n) is 3.06. The first-order valence-electron chi connectivity index (χ1n) is 6.99. The molecule has 0 atom stereocenters. The van der Waals surface area contributed by atoms with Crippen LogP contribution in [0.5, 0.6) is 5.75 Å². The molecule has 24 heavy (non-hydrogen) atoms. The van der Waals surface area contributed by atoms with Gasteiger partial charge in [-0.3, -0.25) is 4.79 Å². The summed E-state index contributed by atoms with van der Waals surface area (Å²) < 4.78 is 52.4. The smallest absolute Gasteiger partial charge is 0.387 e. The van der Waals surface area contributed by atoms with E-state index in [1.165, 1.54) is 36.4 Å². The summed E-state index contributed by atoms with van der Waals surface area (Å²) in [6, 6.07) is 13.2. The van der Waals surface area contributed by atoms with Crippen LogP contribution in [0.4, 0.5) is 14.5 Å². The highest BCUT2D eigenvalue weighted by Crippen LogP contribution is 2.18. The van der Waals surface area contributed by atoms with Crippen molar-refractivity contribution in [1.82, 2.24) is 0 Å². The molecule has 0 unspecified atom stereocenters. The molecule has 0 aliphatic rings. The molecule has 0 radical (unpaired) electrons. The molecule has 1 amide bonds. The van der Waals surface area contributed by atoms with Gasteiger partial charge in [0.2, 0.25) is 5.91 Å². The van der Waals surface area contributed by atoms with E-state index in [1.807, 2.05) is 0 Å². The van der Waals surface area contributed by atoms with Gasteiger partial charge in [-0.2, -0.15) is 8.78 Å². The highest BCUT2D eigenvalue weighted by Gasteiger charge is 2.16. The standard InChI is InChI=1S/C16H15F2NO4S/c17-16(18)23-13-8-6-12(7-9-13)19-15(20)10-11-24(21,22)14-4-2-1-3-5-14/h1-9,16H,10-11H2,(H,19,20). The van der Waals surface area contributed by atoms with Crippen molar-refractivity contribution < 1.29 is 26.7 Å². The van der Waals surface area contributed by atoms with E-state index in [0.29, 0.717) is 5.69 Å². The van der Waals surface area contributed by atoms with Crippen LogP contribution in [0.15, 0.2) is 59.5 Å².